The van der Waals surface area contributed by atoms with Gasteiger partial charge in [0.1, 0.15) is 16.7 Å². The Bertz CT molecular complexity index is 1850. The van der Waals surface area contributed by atoms with E-state index in [1.807, 2.05) is 36.4 Å². The summed E-state index contributed by atoms with van der Waals surface area (Å²) in [6, 6.07) is 16.9. The number of nitrogens with zero attached hydrogens (tertiary/aromatic N) is 1. The Morgan fingerprint density at radius 3 is 2.42 bits per heavy atom. The van der Waals surface area contributed by atoms with Crippen molar-refractivity contribution in [2.24, 2.45) is 0 Å². The van der Waals surface area contributed by atoms with Crippen LogP contribution in [0.4, 0.5) is 11.4 Å². The molecular weight excluding hydrogens is 566 g/mol. The number of pyridine rings is 1. The van der Waals surface area contributed by atoms with Crippen LogP contribution in [0.3, 0.4) is 0 Å². The molecule has 0 amide bonds. The van der Waals surface area contributed by atoms with Gasteiger partial charge in [0.25, 0.3) is 0 Å². The molecule has 0 saturated heterocycles. The van der Waals surface area contributed by atoms with Gasteiger partial charge in [-0.25, -0.2) is 0 Å². The topological polar surface area (TPSA) is 94.9 Å². The molecule has 0 spiro atoms. The second kappa shape index (κ2) is 12.4. The molecule has 1 aliphatic rings. The van der Waals surface area contributed by atoms with E-state index in [0.29, 0.717) is 33.3 Å². The zero-order valence-electron chi connectivity index (χ0n) is 24.5. The summed E-state index contributed by atoms with van der Waals surface area (Å²) >= 11 is 6.26. The predicted molar refractivity (Wildman–Crippen MR) is 173 cm³/mol. The summed E-state index contributed by atoms with van der Waals surface area (Å²) in [6.07, 6.45) is 5.38. The Morgan fingerprint density at radius 2 is 1.65 bits per heavy atom. The van der Waals surface area contributed by atoms with Crippen LogP contribution in [0.1, 0.15) is 30.5 Å². The second-order valence-electron chi connectivity index (χ2n) is 10.6. The summed E-state index contributed by atoms with van der Waals surface area (Å²) in [5.74, 6) is 1.51. The number of nitrogens with one attached hydrogen (secondary N) is 2. The smallest absolute Gasteiger partial charge is 0.204 e. The first kappa shape index (κ1) is 28.7. The van der Waals surface area contributed by atoms with E-state index in [0.717, 1.165) is 54.5 Å². The van der Waals surface area contributed by atoms with Gasteiger partial charge in [0.2, 0.25) is 5.75 Å². The number of halogens is 1. The van der Waals surface area contributed by atoms with Crippen LogP contribution in [0.5, 0.6) is 17.2 Å². The molecule has 0 unspecified atom stereocenters. The van der Waals surface area contributed by atoms with E-state index in [1.165, 1.54) is 57.2 Å². The normalized spacial score (nSPS) is 12.7. The maximum atomic E-state index is 13.1. The average molecular weight is 600 g/mol. The summed E-state index contributed by atoms with van der Waals surface area (Å²) in [4.78, 5) is 18.0. The summed E-state index contributed by atoms with van der Waals surface area (Å²) in [7, 11) is 4.51. The fraction of sp³-hybridized carbons (Fsp3) is 0.294. The van der Waals surface area contributed by atoms with Crippen LogP contribution in [0.25, 0.3) is 33.2 Å². The molecule has 0 fully saturated rings. The van der Waals surface area contributed by atoms with Crippen LogP contribution in [0, 0.1) is 0 Å². The molecule has 6 rings (SSSR count). The van der Waals surface area contributed by atoms with Crippen LogP contribution < -0.4 is 30.3 Å². The van der Waals surface area contributed by atoms with Crippen molar-refractivity contribution in [2.45, 2.75) is 32.1 Å². The number of hydrogen-bond donors (Lipinski definition) is 2. The molecule has 5 aromatic rings. The van der Waals surface area contributed by atoms with Gasteiger partial charge in [0.05, 0.1) is 26.8 Å². The third-order valence-electron chi connectivity index (χ3n) is 7.90. The number of ether oxygens (including phenoxy) is 3. The van der Waals surface area contributed by atoms with E-state index in [4.69, 9.17) is 35.2 Å². The fourth-order valence-electron chi connectivity index (χ4n) is 5.82. The minimum absolute atomic E-state index is 0.227. The first-order chi connectivity index (χ1) is 21.0. The van der Waals surface area contributed by atoms with Gasteiger partial charge in [-0.15, -0.1) is 0 Å². The summed E-state index contributed by atoms with van der Waals surface area (Å²) in [5.41, 5.74) is 6.60. The third-order valence-corrected chi connectivity index (χ3v) is 8.14. The number of fused-ring (bicyclic) bond motifs is 3. The highest BCUT2D eigenvalue weighted by atomic mass is 35.5. The lowest BCUT2D eigenvalue weighted by molar-refractivity contribution is 0.326. The molecule has 2 heterocycles. The van der Waals surface area contributed by atoms with Gasteiger partial charge in [-0.1, -0.05) is 11.6 Å². The zero-order chi connectivity index (χ0) is 29.9. The van der Waals surface area contributed by atoms with Crippen molar-refractivity contribution in [3.8, 4) is 28.6 Å². The molecule has 0 saturated carbocycles. The van der Waals surface area contributed by atoms with Crippen molar-refractivity contribution < 1.29 is 18.6 Å². The minimum Gasteiger partial charge on any atom is -0.493 e. The van der Waals surface area contributed by atoms with Gasteiger partial charge < -0.3 is 29.3 Å². The number of benzene rings is 3. The van der Waals surface area contributed by atoms with E-state index in [9.17, 15) is 4.79 Å². The fourth-order valence-corrected chi connectivity index (χ4v) is 5.98. The molecule has 222 valence electrons. The van der Waals surface area contributed by atoms with Crippen molar-refractivity contribution in [1.82, 2.24) is 4.98 Å². The lowest BCUT2D eigenvalue weighted by Gasteiger charge is -2.22. The lowest BCUT2D eigenvalue weighted by Crippen LogP contribution is -2.14. The number of aromatic nitrogens is 1. The van der Waals surface area contributed by atoms with Gasteiger partial charge in [0, 0.05) is 58.3 Å². The van der Waals surface area contributed by atoms with Gasteiger partial charge in [-0.3, -0.25) is 9.78 Å². The van der Waals surface area contributed by atoms with Crippen molar-refractivity contribution >= 4 is 44.8 Å². The Labute approximate surface area is 254 Å². The van der Waals surface area contributed by atoms with Crippen LogP contribution in [0.15, 0.2) is 63.8 Å². The number of rotatable bonds is 10. The van der Waals surface area contributed by atoms with Gasteiger partial charge in [-0.05, 0) is 80.1 Å². The van der Waals surface area contributed by atoms with Gasteiger partial charge in [-0.2, -0.15) is 0 Å². The van der Waals surface area contributed by atoms with Crippen LogP contribution in [-0.2, 0) is 12.8 Å². The number of hydrogen-bond acceptors (Lipinski definition) is 8. The third kappa shape index (κ3) is 5.67. The predicted octanol–water partition coefficient (Wildman–Crippen LogP) is 7.48. The largest absolute Gasteiger partial charge is 0.493 e. The molecule has 43 heavy (non-hydrogen) atoms. The Morgan fingerprint density at radius 1 is 0.884 bits per heavy atom. The molecule has 2 N–H and O–H groups in total. The Hall–Kier alpha value is -4.43. The van der Waals surface area contributed by atoms with E-state index >= 15 is 0 Å². The average Bonchev–Trinajstić information content (AvgIpc) is 3.03. The molecule has 1 aliphatic carbocycles. The quantitative estimate of drug-likeness (QED) is 0.160. The molecule has 0 radical (unpaired) electrons. The molecule has 9 heteroatoms. The van der Waals surface area contributed by atoms with Crippen molar-refractivity contribution in [3.05, 3.63) is 81.1 Å². The maximum Gasteiger partial charge on any atom is 0.204 e. The van der Waals surface area contributed by atoms with E-state index < -0.39 is 0 Å². The number of methoxy groups -OCH3 is 3. The van der Waals surface area contributed by atoms with Gasteiger partial charge >= 0.3 is 0 Å². The van der Waals surface area contributed by atoms with E-state index in [2.05, 4.69) is 16.7 Å². The molecule has 2 aromatic heterocycles. The van der Waals surface area contributed by atoms with E-state index in [1.54, 1.807) is 6.07 Å². The first-order valence-corrected chi connectivity index (χ1v) is 14.8. The van der Waals surface area contributed by atoms with Crippen molar-refractivity contribution in [3.63, 3.8) is 0 Å². The summed E-state index contributed by atoms with van der Waals surface area (Å²) in [6.45, 7) is 1.63. The molecule has 0 aliphatic heterocycles. The zero-order valence-corrected chi connectivity index (χ0v) is 25.3. The highest BCUT2D eigenvalue weighted by Crippen LogP contribution is 2.43. The molecular formula is C34H34ClN3O5. The lowest BCUT2D eigenvalue weighted by atomic mass is 9.92. The monoisotopic (exact) mass is 599 g/mol. The van der Waals surface area contributed by atoms with Gasteiger partial charge in [0.15, 0.2) is 16.9 Å². The highest BCUT2D eigenvalue weighted by molar-refractivity contribution is 6.31. The van der Waals surface area contributed by atoms with E-state index in [-0.39, 0.29) is 11.2 Å². The molecule has 0 atom stereocenters. The minimum atomic E-state index is -0.227. The Kier molecular flexibility index (Phi) is 8.29. The number of aryl methyl sites for hydroxylation is 1. The van der Waals surface area contributed by atoms with Crippen molar-refractivity contribution in [2.75, 3.05) is 45.1 Å². The SMILES string of the molecule is COc1cc2oc(-c3ccc(NCCCNc4c5c(nc6cc(Cl)ccc46)CCCC5)cc3)cc(=O)c2c(OC)c1OC. The second-order valence-corrected chi connectivity index (χ2v) is 11.0. The first-order valence-electron chi connectivity index (χ1n) is 14.5. The summed E-state index contributed by atoms with van der Waals surface area (Å²) < 4.78 is 22.4. The maximum absolute atomic E-state index is 13.1. The number of anilines is 2. The summed E-state index contributed by atoms with van der Waals surface area (Å²) in [5, 5.41) is 9.34. The molecule has 8 nitrogen and oxygen atoms in total. The van der Waals surface area contributed by atoms with Crippen LogP contribution in [0.2, 0.25) is 5.02 Å². The van der Waals surface area contributed by atoms with Crippen LogP contribution in [-0.4, -0.2) is 39.4 Å². The van der Waals surface area contributed by atoms with Crippen molar-refractivity contribution in [1.29, 1.82) is 0 Å². The molecule has 0 bridgehead atoms. The Balaban J connectivity index is 1.12. The highest BCUT2D eigenvalue weighted by Gasteiger charge is 2.21. The molecule has 3 aromatic carbocycles. The van der Waals surface area contributed by atoms with Crippen LogP contribution >= 0.6 is 11.6 Å². The standard InChI is InChI=1S/C34H34ClN3O5/c1-40-30-19-29-31(34(42-3)33(30)41-2)27(39)18-28(43-29)20-9-12-22(13-10-20)36-15-6-16-37-32-23-7-4-5-8-25(23)38-26-17-21(35)11-14-24(26)32/h9-14,17-19,36H,4-8,15-16H2,1-3H3,(H,37,38).